The van der Waals surface area contributed by atoms with Crippen molar-refractivity contribution in [3.05, 3.63) is 59.3 Å². The number of nitrogens with zero attached hydrogens (tertiary/aromatic N) is 1. The van der Waals surface area contributed by atoms with Gasteiger partial charge in [0.2, 0.25) is 5.91 Å². The van der Waals surface area contributed by atoms with Crippen LogP contribution in [0.3, 0.4) is 0 Å². The molecule has 3 rings (SSSR count). The molecule has 0 saturated carbocycles. The highest BCUT2D eigenvalue weighted by Crippen LogP contribution is 2.31. The molecule has 2 N–H and O–H groups in total. The number of benzene rings is 2. The van der Waals surface area contributed by atoms with Gasteiger partial charge in [-0.2, -0.15) is 0 Å². The number of esters is 1. The summed E-state index contributed by atoms with van der Waals surface area (Å²) in [5.74, 6) is -0.804. The van der Waals surface area contributed by atoms with Gasteiger partial charge in [0.05, 0.1) is 36.5 Å². The van der Waals surface area contributed by atoms with Crippen LogP contribution in [0.15, 0.2) is 54.2 Å². The van der Waals surface area contributed by atoms with Crippen LogP contribution in [0.25, 0.3) is 0 Å². The fourth-order valence-corrected chi connectivity index (χ4v) is 3.34. The van der Waals surface area contributed by atoms with Crippen LogP contribution >= 0.6 is 11.6 Å². The molecule has 0 fully saturated rings. The molecule has 2 aromatic carbocycles. The topological polar surface area (TPSA) is 97.0 Å². The van der Waals surface area contributed by atoms with Crippen LogP contribution in [0, 0.1) is 0 Å². The van der Waals surface area contributed by atoms with Crippen molar-refractivity contribution >= 4 is 46.4 Å². The summed E-state index contributed by atoms with van der Waals surface area (Å²) in [7, 11) is 1.50. The molecule has 31 heavy (non-hydrogen) atoms. The number of rotatable bonds is 7. The van der Waals surface area contributed by atoms with E-state index in [-0.39, 0.29) is 19.6 Å². The van der Waals surface area contributed by atoms with Gasteiger partial charge < -0.3 is 20.1 Å². The van der Waals surface area contributed by atoms with Gasteiger partial charge in [0.25, 0.3) is 5.91 Å². The van der Waals surface area contributed by atoms with Crippen molar-refractivity contribution in [2.24, 2.45) is 0 Å². The highest BCUT2D eigenvalue weighted by atomic mass is 35.5. The van der Waals surface area contributed by atoms with Gasteiger partial charge in [0.15, 0.2) is 0 Å². The molecule has 9 heteroatoms. The molecule has 1 aliphatic heterocycles. The van der Waals surface area contributed by atoms with Crippen LogP contribution in [0.4, 0.5) is 17.1 Å². The van der Waals surface area contributed by atoms with E-state index in [1.165, 1.54) is 18.1 Å². The van der Waals surface area contributed by atoms with Crippen LogP contribution in [-0.2, 0) is 19.1 Å². The Labute approximate surface area is 184 Å². The van der Waals surface area contributed by atoms with E-state index in [2.05, 4.69) is 10.6 Å². The predicted octanol–water partition coefficient (Wildman–Crippen LogP) is 3.58. The van der Waals surface area contributed by atoms with E-state index in [9.17, 15) is 14.4 Å². The number of carbonyl (C=O) groups excluding carboxylic acids is 3. The van der Waals surface area contributed by atoms with Gasteiger partial charge in [-0.15, -0.1) is 0 Å². The molecule has 2 amide bonds. The predicted molar refractivity (Wildman–Crippen MR) is 118 cm³/mol. The number of amides is 2. The Morgan fingerprint density at radius 3 is 2.68 bits per heavy atom. The summed E-state index contributed by atoms with van der Waals surface area (Å²) < 4.78 is 10.1. The minimum absolute atomic E-state index is 0.0850. The summed E-state index contributed by atoms with van der Waals surface area (Å²) in [6.07, 6.45) is 1.22. The third kappa shape index (κ3) is 5.55. The number of fused-ring (bicyclic) bond motifs is 1. The van der Waals surface area contributed by atoms with Crippen LogP contribution in [-0.4, -0.2) is 38.0 Å². The SMILES string of the molecule is CCOC(=O)CC1=CC(=O)N(CC(=O)Nc2ccc(OC)c(Cl)c2)c2ccccc2N1. The Balaban J connectivity index is 1.80. The first-order chi connectivity index (χ1) is 14.9. The lowest BCUT2D eigenvalue weighted by molar-refractivity contribution is -0.142. The molecule has 8 nitrogen and oxygen atoms in total. The lowest BCUT2D eigenvalue weighted by Crippen LogP contribution is -2.37. The molecular weight excluding hydrogens is 422 g/mol. The smallest absolute Gasteiger partial charge is 0.311 e. The molecule has 0 atom stereocenters. The average molecular weight is 444 g/mol. The molecular formula is C22H22ClN3O5. The molecule has 162 valence electrons. The van der Waals surface area contributed by atoms with E-state index >= 15 is 0 Å². The van der Waals surface area contributed by atoms with Crippen LogP contribution < -0.4 is 20.3 Å². The third-order valence-electron chi connectivity index (χ3n) is 4.43. The Kier molecular flexibility index (Phi) is 7.15. The van der Waals surface area contributed by atoms with E-state index < -0.39 is 17.8 Å². The van der Waals surface area contributed by atoms with Gasteiger partial charge >= 0.3 is 5.97 Å². The zero-order valence-electron chi connectivity index (χ0n) is 17.1. The van der Waals surface area contributed by atoms with Crippen molar-refractivity contribution in [3.8, 4) is 5.75 Å². The van der Waals surface area contributed by atoms with Crippen molar-refractivity contribution in [1.82, 2.24) is 0 Å². The highest BCUT2D eigenvalue weighted by Gasteiger charge is 2.25. The molecule has 0 spiro atoms. The second-order valence-corrected chi connectivity index (χ2v) is 7.02. The second kappa shape index (κ2) is 9.99. The Morgan fingerprint density at radius 2 is 1.97 bits per heavy atom. The van der Waals surface area contributed by atoms with E-state index in [1.54, 1.807) is 49.4 Å². The number of hydrogen-bond donors (Lipinski definition) is 2. The maximum absolute atomic E-state index is 12.9. The van der Waals surface area contributed by atoms with Crippen LogP contribution in [0.5, 0.6) is 5.75 Å². The zero-order valence-corrected chi connectivity index (χ0v) is 17.9. The minimum atomic E-state index is -0.450. The fourth-order valence-electron chi connectivity index (χ4n) is 3.08. The number of ether oxygens (including phenoxy) is 2. The summed E-state index contributed by atoms with van der Waals surface area (Å²) in [4.78, 5) is 38.8. The Morgan fingerprint density at radius 1 is 1.19 bits per heavy atom. The summed E-state index contributed by atoms with van der Waals surface area (Å²) in [6, 6.07) is 11.9. The number of methoxy groups -OCH3 is 1. The standard InChI is InChI=1S/C22H22ClN3O5/c1-3-31-22(29)12-15-11-21(28)26(18-7-5-4-6-17(18)24-15)13-20(27)25-14-8-9-19(30-2)16(23)10-14/h4-11,24H,3,12-13H2,1-2H3,(H,25,27). The van der Waals surface area contributed by atoms with Crippen LogP contribution in [0.1, 0.15) is 13.3 Å². The number of halogens is 1. The number of nitrogens with one attached hydrogen (secondary N) is 2. The molecule has 0 saturated heterocycles. The molecule has 0 bridgehead atoms. The molecule has 1 heterocycles. The van der Waals surface area contributed by atoms with Crippen molar-refractivity contribution in [1.29, 1.82) is 0 Å². The van der Waals surface area contributed by atoms with Crippen molar-refractivity contribution < 1.29 is 23.9 Å². The largest absolute Gasteiger partial charge is 0.495 e. The molecule has 0 unspecified atom stereocenters. The number of anilines is 3. The van der Waals surface area contributed by atoms with E-state index in [4.69, 9.17) is 21.1 Å². The van der Waals surface area contributed by atoms with Crippen molar-refractivity contribution in [2.75, 3.05) is 35.8 Å². The Hall–Kier alpha value is -3.52. The molecule has 0 radical (unpaired) electrons. The van der Waals surface area contributed by atoms with Gasteiger partial charge in [0.1, 0.15) is 12.3 Å². The minimum Gasteiger partial charge on any atom is -0.495 e. The van der Waals surface area contributed by atoms with Crippen molar-refractivity contribution in [3.63, 3.8) is 0 Å². The third-order valence-corrected chi connectivity index (χ3v) is 4.73. The number of carbonyl (C=O) groups is 3. The van der Waals surface area contributed by atoms with Gasteiger partial charge in [-0.25, -0.2) is 0 Å². The summed E-state index contributed by atoms with van der Waals surface area (Å²) in [6.45, 7) is 1.73. The first-order valence-corrected chi connectivity index (χ1v) is 9.96. The summed E-state index contributed by atoms with van der Waals surface area (Å²) in [5, 5.41) is 6.17. The van der Waals surface area contributed by atoms with E-state index in [0.717, 1.165) is 0 Å². The highest BCUT2D eigenvalue weighted by molar-refractivity contribution is 6.32. The zero-order chi connectivity index (χ0) is 22.4. The normalized spacial score (nSPS) is 12.8. The Bertz CT molecular complexity index is 1040. The van der Waals surface area contributed by atoms with Gasteiger partial charge in [-0.1, -0.05) is 23.7 Å². The van der Waals surface area contributed by atoms with Crippen molar-refractivity contribution in [2.45, 2.75) is 13.3 Å². The second-order valence-electron chi connectivity index (χ2n) is 6.62. The molecule has 0 aromatic heterocycles. The number of para-hydroxylation sites is 2. The lowest BCUT2D eigenvalue weighted by atomic mass is 10.2. The maximum Gasteiger partial charge on any atom is 0.311 e. The van der Waals surface area contributed by atoms with Crippen LogP contribution in [0.2, 0.25) is 5.02 Å². The maximum atomic E-state index is 12.9. The summed E-state index contributed by atoms with van der Waals surface area (Å²) >= 11 is 6.10. The van der Waals surface area contributed by atoms with E-state index in [1.807, 2.05) is 0 Å². The van der Waals surface area contributed by atoms with Gasteiger partial charge in [-0.3, -0.25) is 19.3 Å². The first-order valence-electron chi connectivity index (χ1n) is 9.58. The fraction of sp³-hybridized carbons (Fsp3) is 0.227. The van der Waals surface area contributed by atoms with E-state index in [0.29, 0.717) is 33.5 Å². The van der Waals surface area contributed by atoms with Gasteiger partial charge in [-0.05, 0) is 37.3 Å². The first kappa shape index (κ1) is 22.2. The lowest BCUT2D eigenvalue weighted by Gasteiger charge is -2.21. The van der Waals surface area contributed by atoms with Gasteiger partial charge in [0, 0.05) is 17.5 Å². The monoisotopic (exact) mass is 443 g/mol. The quantitative estimate of drug-likeness (QED) is 0.635. The molecule has 2 aromatic rings. The average Bonchev–Trinajstić information content (AvgIpc) is 2.84. The summed E-state index contributed by atoms with van der Waals surface area (Å²) in [5.41, 5.74) is 1.98. The molecule has 1 aliphatic rings. The molecule has 0 aliphatic carbocycles. The number of hydrogen-bond acceptors (Lipinski definition) is 6.